The minimum atomic E-state index is -3.83. The Morgan fingerprint density at radius 2 is 1.74 bits per heavy atom. The molecule has 2 aliphatic rings. The molecule has 3 aromatic rings. The molecule has 2 N–H and O–H groups in total. The highest BCUT2D eigenvalue weighted by Crippen LogP contribution is 2.38. The molecule has 0 radical (unpaired) electrons. The molecule has 1 amide bonds. The van der Waals surface area contributed by atoms with Crippen molar-refractivity contribution in [2.75, 3.05) is 33.9 Å². The molecule has 43 heavy (non-hydrogen) atoms. The predicted octanol–water partition coefficient (Wildman–Crippen LogP) is 4.79. The standard InChI is InChI=1S/C33H43N3O6S/c1-22-14-30(41-4)15-23(2)32(22)43(38,39)36(28-11-12-28)19-26(31-17-27(21-42-31)33(34)37)16-24-7-9-25(10-8-24)18-35-13-5-6-29(20-35)40-3/h7-10,14-15,17,21,26,28-29H,5-6,11-13,16,18-20H2,1-4H3,(H2,34,37). The third kappa shape index (κ3) is 7.32. The number of piperidine rings is 1. The van der Waals surface area contributed by atoms with Crippen LogP contribution in [0.15, 0.2) is 58.0 Å². The van der Waals surface area contributed by atoms with Crippen molar-refractivity contribution in [2.24, 2.45) is 5.73 Å². The van der Waals surface area contributed by atoms with E-state index in [1.165, 1.54) is 11.8 Å². The van der Waals surface area contributed by atoms with Crippen LogP contribution in [-0.4, -0.2) is 69.5 Å². The Morgan fingerprint density at radius 3 is 2.33 bits per heavy atom. The zero-order valence-electron chi connectivity index (χ0n) is 25.5. The summed E-state index contributed by atoms with van der Waals surface area (Å²) in [6.07, 6.45) is 6.02. The van der Waals surface area contributed by atoms with Gasteiger partial charge < -0.3 is 19.6 Å². The van der Waals surface area contributed by atoms with Crippen molar-refractivity contribution in [2.45, 2.75) is 75.5 Å². The lowest BCUT2D eigenvalue weighted by molar-refractivity contribution is 0.0285. The number of hydrogen-bond donors (Lipinski definition) is 1. The van der Waals surface area contributed by atoms with E-state index in [1.54, 1.807) is 50.6 Å². The van der Waals surface area contributed by atoms with Crippen LogP contribution in [0.2, 0.25) is 0 Å². The molecule has 0 spiro atoms. The van der Waals surface area contributed by atoms with E-state index in [-0.39, 0.29) is 30.2 Å². The van der Waals surface area contributed by atoms with Crippen molar-refractivity contribution in [3.05, 3.63) is 82.3 Å². The van der Waals surface area contributed by atoms with E-state index in [0.717, 1.165) is 50.9 Å². The summed E-state index contributed by atoms with van der Waals surface area (Å²) in [5.74, 6) is 0.267. The highest BCUT2D eigenvalue weighted by atomic mass is 32.2. The van der Waals surface area contributed by atoms with Crippen LogP contribution < -0.4 is 10.5 Å². The highest BCUT2D eigenvalue weighted by Gasteiger charge is 2.41. The number of furan rings is 1. The number of rotatable bonds is 13. The van der Waals surface area contributed by atoms with Gasteiger partial charge in [-0.2, -0.15) is 4.31 Å². The monoisotopic (exact) mass is 609 g/mol. The van der Waals surface area contributed by atoms with Gasteiger partial charge in [0.25, 0.3) is 5.91 Å². The fourth-order valence-corrected chi connectivity index (χ4v) is 8.35. The Bertz CT molecular complexity index is 1510. The van der Waals surface area contributed by atoms with Gasteiger partial charge in [0.2, 0.25) is 10.0 Å². The molecule has 5 rings (SSSR count). The normalized spacial score (nSPS) is 18.6. The number of aryl methyl sites for hydroxylation is 2. The van der Waals surface area contributed by atoms with E-state index in [4.69, 9.17) is 19.6 Å². The van der Waals surface area contributed by atoms with Crippen LogP contribution >= 0.6 is 0 Å². The molecule has 1 aromatic heterocycles. The van der Waals surface area contributed by atoms with Crippen molar-refractivity contribution in [1.82, 2.24) is 9.21 Å². The number of methoxy groups -OCH3 is 2. The summed E-state index contributed by atoms with van der Waals surface area (Å²) >= 11 is 0. The summed E-state index contributed by atoms with van der Waals surface area (Å²) in [6, 6.07) is 13.6. The average Bonchev–Trinajstić information content (AvgIpc) is 3.69. The van der Waals surface area contributed by atoms with Gasteiger partial charge in [-0.25, -0.2) is 8.42 Å². The maximum atomic E-state index is 14.2. The Balaban J connectivity index is 1.40. The number of ether oxygens (including phenoxy) is 2. The largest absolute Gasteiger partial charge is 0.497 e. The lowest BCUT2D eigenvalue weighted by atomic mass is 9.95. The average molecular weight is 610 g/mol. The summed E-state index contributed by atoms with van der Waals surface area (Å²) in [4.78, 5) is 14.6. The quantitative estimate of drug-likeness (QED) is 0.296. The number of nitrogens with zero attached hydrogens (tertiary/aromatic N) is 2. The molecule has 1 saturated carbocycles. The lowest BCUT2D eigenvalue weighted by Gasteiger charge is -2.31. The van der Waals surface area contributed by atoms with Crippen molar-refractivity contribution in [3.8, 4) is 5.75 Å². The van der Waals surface area contributed by atoms with Crippen molar-refractivity contribution >= 4 is 15.9 Å². The summed E-state index contributed by atoms with van der Waals surface area (Å²) in [5, 5.41) is 0. The van der Waals surface area contributed by atoms with E-state index in [2.05, 4.69) is 29.2 Å². The lowest BCUT2D eigenvalue weighted by Crippen LogP contribution is -2.38. The molecule has 2 unspecified atom stereocenters. The van der Waals surface area contributed by atoms with E-state index < -0.39 is 15.9 Å². The molecule has 0 bridgehead atoms. The fourth-order valence-electron chi connectivity index (χ4n) is 6.20. The van der Waals surface area contributed by atoms with Crippen LogP contribution in [0.25, 0.3) is 0 Å². The smallest absolute Gasteiger partial charge is 0.251 e. The first-order valence-electron chi connectivity index (χ1n) is 15.0. The molecular weight excluding hydrogens is 566 g/mol. The third-order valence-corrected chi connectivity index (χ3v) is 10.8. The fraction of sp³-hybridized carbons (Fsp3) is 0.485. The molecule has 2 aromatic carbocycles. The second-order valence-corrected chi connectivity index (χ2v) is 13.8. The van der Waals surface area contributed by atoms with Gasteiger partial charge in [0.15, 0.2) is 0 Å². The molecule has 1 saturated heterocycles. The molecule has 1 aliphatic heterocycles. The minimum Gasteiger partial charge on any atom is -0.497 e. The van der Waals surface area contributed by atoms with Crippen molar-refractivity contribution < 1.29 is 27.1 Å². The van der Waals surface area contributed by atoms with E-state index in [9.17, 15) is 13.2 Å². The number of sulfonamides is 1. The molecule has 2 heterocycles. The molecule has 9 nitrogen and oxygen atoms in total. The molecule has 232 valence electrons. The van der Waals surface area contributed by atoms with Crippen LogP contribution in [0.3, 0.4) is 0 Å². The van der Waals surface area contributed by atoms with Gasteiger partial charge in [-0.1, -0.05) is 24.3 Å². The summed E-state index contributed by atoms with van der Waals surface area (Å²) in [6.45, 7) is 6.67. The maximum absolute atomic E-state index is 14.2. The molecule has 2 atom stereocenters. The second-order valence-electron chi connectivity index (χ2n) is 12.0. The Labute approximate surface area is 255 Å². The van der Waals surface area contributed by atoms with Gasteiger partial charge in [0, 0.05) is 38.7 Å². The number of likely N-dealkylation sites (tertiary alicyclic amines) is 1. The first-order chi connectivity index (χ1) is 20.6. The van der Waals surface area contributed by atoms with Crippen LogP contribution in [0, 0.1) is 13.8 Å². The highest BCUT2D eigenvalue weighted by molar-refractivity contribution is 7.89. The maximum Gasteiger partial charge on any atom is 0.251 e. The number of amides is 1. The van der Waals surface area contributed by atoms with Gasteiger partial charge in [-0.05, 0) is 92.9 Å². The van der Waals surface area contributed by atoms with Crippen LogP contribution in [0.1, 0.15) is 70.0 Å². The molecule has 1 aliphatic carbocycles. The number of hydrogen-bond acceptors (Lipinski definition) is 7. The van der Waals surface area contributed by atoms with Gasteiger partial charge in [0.05, 0.1) is 23.7 Å². The summed E-state index contributed by atoms with van der Waals surface area (Å²) in [7, 11) is -0.479. The van der Waals surface area contributed by atoms with Gasteiger partial charge >= 0.3 is 0 Å². The van der Waals surface area contributed by atoms with Crippen molar-refractivity contribution in [3.63, 3.8) is 0 Å². The van der Waals surface area contributed by atoms with Gasteiger partial charge in [0.1, 0.15) is 17.8 Å². The third-order valence-electron chi connectivity index (χ3n) is 8.60. The predicted molar refractivity (Wildman–Crippen MR) is 165 cm³/mol. The molecule has 10 heteroatoms. The van der Waals surface area contributed by atoms with Crippen LogP contribution in [0.4, 0.5) is 0 Å². The van der Waals surface area contributed by atoms with Crippen LogP contribution in [-0.2, 0) is 27.7 Å². The minimum absolute atomic E-state index is 0.0816. The number of benzene rings is 2. The molecular formula is C33H43N3O6S. The summed E-state index contributed by atoms with van der Waals surface area (Å²) in [5.41, 5.74) is 9.37. The Morgan fingerprint density at radius 1 is 1.07 bits per heavy atom. The van der Waals surface area contributed by atoms with Crippen LogP contribution in [0.5, 0.6) is 5.75 Å². The Hall–Kier alpha value is -3.18. The second kappa shape index (κ2) is 13.2. The van der Waals surface area contributed by atoms with Crippen molar-refractivity contribution in [1.29, 1.82) is 0 Å². The first kappa shape index (κ1) is 31.3. The van der Waals surface area contributed by atoms with E-state index in [1.807, 2.05) is 0 Å². The first-order valence-corrected chi connectivity index (χ1v) is 16.4. The topological polar surface area (TPSA) is 115 Å². The molecule has 2 fully saturated rings. The Kier molecular flexibility index (Phi) is 9.60. The van der Waals surface area contributed by atoms with Gasteiger partial charge in [-0.15, -0.1) is 0 Å². The number of carbonyl (C=O) groups is 1. The number of nitrogens with two attached hydrogens (primary N) is 1. The summed E-state index contributed by atoms with van der Waals surface area (Å²) < 4.78 is 46.9. The number of primary amides is 1. The van der Waals surface area contributed by atoms with E-state index in [0.29, 0.717) is 34.0 Å². The number of carbonyl (C=O) groups excluding carboxylic acids is 1. The zero-order valence-corrected chi connectivity index (χ0v) is 26.4. The van der Waals surface area contributed by atoms with E-state index >= 15 is 0 Å². The van der Waals surface area contributed by atoms with Gasteiger partial charge in [-0.3, -0.25) is 9.69 Å². The zero-order chi connectivity index (χ0) is 30.7. The SMILES string of the molecule is COc1cc(C)c(S(=O)(=O)N(CC(Cc2ccc(CN3CCCC(OC)C3)cc2)c2cc(C(N)=O)co2)C2CC2)c(C)c1.